The molecule has 86 valence electrons. The number of ether oxygens (including phenoxy) is 1. The van der Waals surface area contributed by atoms with Crippen LogP contribution < -0.4 is 10.1 Å². The van der Waals surface area contributed by atoms with Gasteiger partial charge in [-0.05, 0) is 25.1 Å². The Hall–Kier alpha value is -1.62. The molecule has 1 saturated heterocycles. The van der Waals surface area contributed by atoms with Crippen LogP contribution in [-0.2, 0) is 4.79 Å². The van der Waals surface area contributed by atoms with Crippen LogP contribution in [0.25, 0.3) is 0 Å². The summed E-state index contributed by atoms with van der Waals surface area (Å²) in [6.45, 7) is 0.556. The standard InChI is InChI=1S/C11H12FNO3/c12-8-4-1-2-5-9(8)16-11(10(14)15)6-3-7-13-11/h1-2,4-5,13H,3,6-7H2,(H,14,15)/t11-/m1/s1. The summed E-state index contributed by atoms with van der Waals surface area (Å²) in [7, 11) is 0. The third-order valence-electron chi connectivity index (χ3n) is 2.58. The van der Waals surface area contributed by atoms with Gasteiger partial charge in [-0.1, -0.05) is 12.1 Å². The van der Waals surface area contributed by atoms with Gasteiger partial charge in [0.2, 0.25) is 0 Å². The highest BCUT2D eigenvalue weighted by Crippen LogP contribution is 2.26. The van der Waals surface area contributed by atoms with Gasteiger partial charge in [0.1, 0.15) is 0 Å². The van der Waals surface area contributed by atoms with E-state index in [4.69, 9.17) is 9.84 Å². The quantitative estimate of drug-likeness (QED) is 0.815. The number of hydrogen-bond donors (Lipinski definition) is 2. The summed E-state index contributed by atoms with van der Waals surface area (Å²) >= 11 is 0. The van der Waals surface area contributed by atoms with Crippen molar-refractivity contribution in [2.75, 3.05) is 6.54 Å². The number of para-hydroxylation sites is 1. The lowest BCUT2D eigenvalue weighted by molar-refractivity contribution is -0.157. The SMILES string of the molecule is O=C(O)[C@]1(Oc2ccccc2F)CCCN1. The van der Waals surface area contributed by atoms with Crippen LogP contribution in [0.1, 0.15) is 12.8 Å². The fourth-order valence-corrected chi connectivity index (χ4v) is 1.74. The molecule has 0 bridgehead atoms. The number of nitrogens with one attached hydrogen (secondary N) is 1. The summed E-state index contributed by atoms with van der Waals surface area (Å²) < 4.78 is 18.6. The number of rotatable bonds is 3. The van der Waals surface area contributed by atoms with Crippen molar-refractivity contribution in [1.82, 2.24) is 5.32 Å². The Morgan fingerprint density at radius 1 is 1.50 bits per heavy atom. The molecule has 16 heavy (non-hydrogen) atoms. The molecule has 5 heteroatoms. The maximum atomic E-state index is 13.3. The molecule has 1 heterocycles. The number of carbonyl (C=O) groups is 1. The Balaban J connectivity index is 2.25. The van der Waals surface area contributed by atoms with Gasteiger partial charge in [-0.3, -0.25) is 5.32 Å². The molecular formula is C11H12FNO3. The normalized spacial score (nSPS) is 24.3. The topological polar surface area (TPSA) is 58.6 Å². The minimum Gasteiger partial charge on any atom is -0.477 e. The number of benzene rings is 1. The molecule has 1 atom stereocenters. The third-order valence-corrected chi connectivity index (χ3v) is 2.58. The first-order chi connectivity index (χ1) is 7.64. The summed E-state index contributed by atoms with van der Waals surface area (Å²) in [6, 6.07) is 5.78. The van der Waals surface area contributed by atoms with Gasteiger partial charge in [0.15, 0.2) is 11.6 Å². The van der Waals surface area contributed by atoms with Gasteiger partial charge in [0.05, 0.1) is 0 Å². The predicted octanol–water partition coefficient (Wildman–Crippen LogP) is 1.37. The van der Waals surface area contributed by atoms with Crippen molar-refractivity contribution < 1.29 is 19.0 Å². The fourth-order valence-electron chi connectivity index (χ4n) is 1.74. The van der Waals surface area contributed by atoms with Gasteiger partial charge >= 0.3 is 5.97 Å². The van der Waals surface area contributed by atoms with E-state index < -0.39 is 17.5 Å². The Bertz CT molecular complexity index is 402. The van der Waals surface area contributed by atoms with E-state index >= 15 is 0 Å². The van der Waals surface area contributed by atoms with Crippen molar-refractivity contribution in [3.05, 3.63) is 30.1 Å². The van der Waals surface area contributed by atoms with Gasteiger partial charge in [0, 0.05) is 6.42 Å². The molecule has 0 unspecified atom stereocenters. The molecule has 2 rings (SSSR count). The second kappa shape index (κ2) is 4.09. The maximum Gasteiger partial charge on any atom is 0.363 e. The molecule has 1 aliphatic rings. The lowest BCUT2D eigenvalue weighted by atomic mass is 10.1. The van der Waals surface area contributed by atoms with Gasteiger partial charge < -0.3 is 9.84 Å². The Kier molecular flexibility index (Phi) is 2.78. The highest BCUT2D eigenvalue weighted by molar-refractivity contribution is 5.77. The van der Waals surface area contributed by atoms with E-state index in [1.54, 1.807) is 6.07 Å². The van der Waals surface area contributed by atoms with Crippen LogP contribution in [0.2, 0.25) is 0 Å². The summed E-state index contributed by atoms with van der Waals surface area (Å²) in [6.07, 6.45) is 1.03. The van der Waals surface area contributed by atoms with Crippen LogP contribution >= 0.6 is 0 Å². The van der Waals surface area contributed by atoms with Crippen LogP contribution in [0.5, 0.6) is 5.75 Å². The zero-order valence-electron chi connectivity index (χ0n) is 8.57. The first kappa shape index (κ1) is 10.9. The highest BCUT2D eigenvalue weighted by Gasteiger charge is 2.44. The third kappa shape index (κ3) is 1.86. The molecule has 2 N–H and O–H groups in total. The molecule has 0 aromatic heterocycles. The molecule has 0 spiro atoms. The molecular weight excluding hydrogens is 213 g/mol. The molecule has 1 fully saturated rings. The molecule has 0 amide bonds. The van der Waals surface area contributed by atoms with Crippen LogP contribution in [0.3, 0.4) is 0 Å². The average Bonchev–Trinajstić information content (AvgIpc) is 2.71. The highest BCUT2D eigenvalue weighted by atomic mass is 19.1. The Morgan fingerprint density at radius 2 is 2.25 bits per heavy atom. The smallest absolute Gasteiger partial charge is 0.363 e. The molecule has 4 nitrogen and oxygen atoms in total. The van der Waals surface area contributed by atoms with Crippen LogP contribution in [0.15, 0.2) is 24.3 Å². The first-order valence-corrected chi connectivity index (χ1v) is 5.06. The van der Waals surface area contributed by atoms with Crippen LogP contribution in [-0.4, -0.2) is 23.3 Å². The van der Waals surface area contributed by atoms with E-state index in [2.05, 4.69) is 5.32 Å². The zero-order chi connectivity index (χ0) is 11.6. The molecule has 1 aromatic carbocycles. The van der Waals surface area contributed by atoms with E-state index in [1.807, 2.05) is 0 Å². The van der Waals surface area contributed by atoms with E-state index in [9.17, 15) is 9.18 Å². The maximum absolute atomic E-state index is 13.3. The number of halogens is 1. The van der Waals surface area contributed by atoms with Crippen molar-refractivity contribution in [3.63, 3.8) is 0 Å². The fraction of sp³-hybridized carbons (Fsp3) is 0.364. The molecule has 1 aliphatic heterocycles. The summed E-state index contributed by atoms with van der Waals surface area (Å²) in [5.41, 5.74) is -1.48. The van der Waals surface area contributed by atoms with Crippen molar-refractivity contribution in [2.45, 2.75) is 18.6 Å². The van der Waals surface area contributed by atoms with Gasteiger partial charge in [0.25, 0.3) is 5.72 Å². The molecule has 0 saturated carbocycles. The minimum atomic E-state index is -1.48. The minimum absolute atomic E-state index is 0.0423. The largest absolute Gasteiger partial charge is 0.477 e. The number of carboxylic acids is 1. The van der Waals surface area contributed by atoms with Crippen LogP contribution in [0.4, 0.5) is 4.39 Å². The zero-order valence-corrected chi connectivity index (χ0v) is 8.57. The number of aliphatic carboxylic acids is 1. The van der Waals surface area contributed by atoms with Crippen molar-refractivity contribution in [2.24, 2.45) is 0 Å². The van der Waals surface area contributed by atoms with Gasteiger partial charge in [-0.25, -0.2) is 9.18 Å². The molecule has 0 aliphatic carbocycles. The van der Waals surface area contributed by atoms with Crippen molar-refractivity contribution in [3.8, 4) is 5.75 Å². The number of carboxylic acid groups (broad SMARTS) is 1. The molecule has 1 aromatic rings. The van der Waals surface area contributed by atoms with E-state index in [-0.39, 0.29) is 5.75 Å². The predicted molar refractivity (Wildman–Crippen MR) is 54.6 cm³/mol. The second-order valence-corrected chi connectivity index (χ2v) is 3.69. The average molecular weight is 225 g/mol. The lowest BCUT2D eigenvalue weighted by Gasteiger charge is -2.25. The van der Waals surface area contributed by atoms with Gasteiger partial charge in [-0.2, -0.15) is 0 Å². The van der Waals surface area contributed by atoms with Crippen molar-refractivity contribution in [1.29, 1.82) is 0 Å². The molecule has 0 radical (unpaired) electrons. The Morgan fingerprint density at radius 3 is 2.81 bits per heavy atom. The summed E-state index contributed by atoms with van der Waals surface area (Å²) in [4.78, 5) is 11.1. The van der Waals surface area contributed by atoms with E-state index in [0.29, 0.717) is 19.4 Å². The second-order valence-electron chi connectivity index (χ2n) is 3.69. The Labute approximate surface area is 92.0 Å². The first-order valence-electron chi connectivity index (χ1n) is 5.06. The van der Waals surface area contributed by atoms with Crippen LogP contribution in [0, 0.1) is 5.82 Å². The van der Waals surface area contributed by atoms with Crippen molar-refractivity contribution >= 4 is 5.97 Å². The number of hydrogen-bond acceptors (Lipinski definition) is 3. The van der Waals surface area contributed by atoms with Gasteiger partial charge in [-0.15, -0.1) is 0 Å². The monoisotopic (exact) mass is 225 g/mol. The summed E-state index contributed by atoms with van der Waals surface area (Å²) in [5.74, 6) is -1.72. The van der Waals surface area contributed by atoms with E-state index in [1.165, 1.54) is 18.2 Å². The summed E-state index contributed by atoms with van der Waals surface area (Å²) in [5, 5.41) is 11.9. The van der Waals surface area contributed by atoms with E-state index in [0.717, 1.165) is 0 Å². The lowest BCUT2D eigenvalue weighted by Crippen LogP contribution is -2.52.